The Morgan fingerprint density at radius 2 is 2.22 bits per heavy atom. The highest BCUT2D eigenvalue weighted by Crippen LogP contribution is 2.17. The fraction of sp³-hybridized carbons (Fsp3) is 0.231. The Morgan fingerprint density at radius 3 is 3.06 bits per heavy atom. The molecule has 1 aromatic heterocycles. The highest BCUT2D eigenvalue weighted by atomic mass is 16.2. The molecule has 0 spiro atoms. The number of benzene rings is 1. The summed E-state index contributed by atoms with van der Waals surface area (Å²) in [6, 6.07) is 8.22. The molecule has 0 saturated carbocycles. The Labute approximate surface area is 104 Å². The van der Waals surface area contributed by atoms with E-state index in [1.54, 1.807) is 0 Å². The lowest BCUT2D eigenvalue weighted by atomic mass is 10.1. The van der Waals surface area contributed by atoms with E-state index in [9.17, 15) is 4.79 Å². The summed E-state index contributed by atoms with van der Waals surface area (Å²) >= 11 is 0. The van der Waals surface area contributed by atoms with E-state index in [1.165, 1.54) is 10.9 Å². The van der Waals surface area contributed by atoms with Crippen LogP contribution in [-0.4, -0.2) is 29.9 Å². The summed E-state index contributed by atoms with van der Waals surface area (Å²) in [4.78, 5) is 18.2. The van der Waals surface area contributed by atoms with Crippen molar-refractivity contribution in [3.8, 4) is 0 Å². The van der Waals surface area contributed by atoms with Gasteiger partial charge in [0.15, 0.2) is 5.96 Å². The number of nitrogens with one attached hydrogen (secondary N) is 3. The van der Waals surface area contributed by atoms with E-state index in [0.29, 0.717) is 5.96 Å². The molecule has 0 atom stereocenters. The second-order valence-electron chi connectivity index (χ2n) is 4.25. The summed E-state index contributed by atoms with van der Waals surface area (Å²) in [5.41, 5.74) is 2.42. The minimum Gasteiger partial charge on any atom is -0.361 e. The number of para-hydroxylation sites is 1. The molecule has 2 heterocycles. The Bertz CT molecular complexity index is 614. The number of aliphatic imine (C=N–C) groups is 1. The van der Waals surface area contributed by atoms with E-state index < -0.39 is 0 Å². The van der Waals surface area contributed by atoms with Gasteiger partial charge in [-0.05, 0) is 18.1 Å². The van der Waals surface area contributed by atoms with E-state index in [-0.39, 0.29) is 12.5 Å². The Morgan fingerprint density at radius 1 is 1.33 bits per heavy atom. The number of carbonyl (C=O) groups excluding carboxylic acids is 1. The Balaban J connectivity index is 1.62. The number of amides is 1. The zero-order valence-corrected chi connectivity index (χ0v) is 9.86. The van der Waals surface area contributed by atoms with Crippen LogP contribution in [-0.2, 0) is 11.2 Å². The molecular formula is C13H14N4O. The molecule has 5 nitrogen and oxygen atoms in total. The third-order valence-corrected chi connectivity index (χ3v) is 3.00. The molecule has 1 aromatic carbocycles. The number of hydrogen-bond donors (Lipinski definition) is 3. The summed E-state index contributed by atoms with van der Waals surface area (Å²) in [6.07, 6.45) is 2.92. The predicted molar refractivity (Wildman–Crippen MR) is 70.5 cm³/mol. The first-order valence-corrected chi connectivity index (χ1v) is 5.96. The SMILES string of the molecule is O=C1CN=C(NCCc2c[nH]c3ccccc23)N1. The minimum atomic E-state index is -0.0513. The van der Waals surface area contributed by atoms with Crippen molar-refractivity contribution in [2.45, 2.75) is 6.42 Å². The van der Waals surface area contributed by atoms with Gasteiger partial charge < -0.3 is 10.3 Å². The average molecular weight is 242 g/mol. The first kappa shape index (κ1) is 10.8. The predicted octanol–water partition coefficient (Wildman–Crippen LogP) is 0.786. The van der Waals surface area contributed by atoms with E-state index in [0.717, 1.165) is 18.5 Å². The van der Waals surface area contributed by atoms with Gasteiger partial charge in [-0.3, -0.25) is 10.1 Å². The smallest absolute Gasteiger partial charge is 0.248 e. The maximum absolute atomic E-state index is 10.9. The number of rotatable bonds is 3. The summed E-state index contributed by atoms with van der Waals surface area (Å²) in [6.45, 7) is 0.983. The molecule has 5 heteroatoms. The van der Waals surface area contributed by atoms with Crippen LogP contribution < -0.4 is 10.6 Å². The van der Waals surface area contributed by atoms with Crippen LogP contribution in [0.3, 0.4) is 0 Å². The Kier molecular flexibility index (Phi) is 2.72. The van der Waals surface area contributed by atoms with Crippen LogP contribution in [0, 0.1) is 0 Å². The highest BCUT2D eigenvalue weighted by molar-refractivity contribution is 6.02. The van der Waals surface area contributed by atoms with Gasteiger partial charge in [-0.1, -0.05) is 18.2 Å². The first-order valence-electron chi connectivity index (χ1n) is 5.96. The van der Waals surface area contributed by atoms with Crippen LogP contribution >= 0.6 is 0 Å². The van der Waals surface area contributed by atoms with Gasteiger partial charge in [0.05, 0.1) is 0 Å². The van der Waals surface area contributed by atoms with Crippen molar-refractivity contribution in [2.24, 2.45) is 4.99 Å². The number of aromatic nitrogens is 1. The number of fused-ring (bicyclic) bond motifs is 1. The number of carbonyl (C=O) groups is 1. The van der Waals surface area contributed by atoms with Crippen LogP contribution in [0.25, 0.3) is 10.9 Å². The number of guanidine groups is 1. The number of hydrogen-bond acceptors (Lipinski definition) is 3. The quantitative estimate of drug-likeness (QED) is 0.744. The molecule has 2 aromatic rings. The molecule has 1 aliphatic rings. The fourth-order valence-corrected chi connectivity index (χ4v) is 2.12. The zero-order valence-electron chi connectivity index (χ0n) is 9.86. The summed E-state index contributed by atoms with van der Waals surface area (Å²) in [5, 5.41) is 7.03. The van der Waals surface area contributed by atoms with Crippen molar-refractivity contribution in [1.82, 2.24) is 15.6 Å². The van der Waals surface area contributed by atoms with E-state index in [1.807, 2.05) is 18.3 Å². The molecule has 0 saturated heterocycles. The van der Waals surface area contributed by atoms with E-state index in [2.05, 4.69) is 32.7 Å². The van der Waals surface area contributed by atoms with Gasteiger partial charge in [0.25, 0.3) is 0 Å². The largest absolute Gasteiger partial charge is 0.361 e. The standard InChI is InChI=1S/C13H14N4O/c18-12-8-16-13(17-12)14-6-5-9-7-15-11-4-2-1-3-10(9)11/h1-4,7,15H,5-6,8H2,(H2,14,16,17,18). The monoisotopic (exact) mass is 242 g/mol. The molecular weight excluding hydrogens is 228 g/mol. The van der Waals surface area contributed by atoms with Gasteiger partial charge in [-0.2, -0.15) is 0 Å². The molecule has 1 amide bonds. The molecule has 1 aliphatic heterocycles. The van der Waals surface area contributed by atoms with E-state index in [4.69, 9.17) is 0 Å². The third-order valence-electron chi connectivity index (χ3n) is 3.00. The van der Waals surface area contributed by atoms with Crippen LogP contribution in [0.15, 0.2) is 35.5 Å². The Hall–Kier alpha value is -2.30. The van der Waals surface area contributed by atoms with Crippen molar-refractivity contribution in [1.29, 1.82) is 0 Å². The summed E-state index contributed by atoms with van der Waals surface area (Å²) in [7, 11) is 0. The third kappa shape index (κ3) is 2.07. The van der Waals surface area contributed by atoms with Crippen LogP contribution in [0.2, 0.25) is 0 Å². The lowest BCUT2D eigenvalue weighted by Crippen LogP contribution is -2.37. The first-order chi connectivity index (χ1) is 8.83. The normalized spacial score (nSPS) is 14.7. The zero-order chi connectivity index (χ0) is 12.4. The second kappa shape index (κ2) is 4.52. The maximum Gasteiger partial charge on any atom is 0.248 e. The van der Waals surface area contributed by atoms with Crippen LogP contribution in [0.1, 0.15) is 5.56 Å². The average Bonchev–Trinajstić information content (AvgIpc) is 2.97. The van der Waals surface area contributed by atoms with Gasteiger partial charge in [-0.15, -0.1) is 0 Å². The lowest BCUT2D eigenvalue weighted by Gasteiger charge is -2.04. The molecule has 92 valence electrons. The molecule has 0 fully saturated rings. The van der Waals surface area contributed by atoms with Gasteiger partial charge in [0.1, 0.15) is 6.54 Å². The number of H-pyrrole nitrogens is 1. The van der Waals surface area contributed by atoms with Crippen molar-refractivity contribution in [3.63, 3.8) is 0 Å². The van der Waals surface area contributed by atoms with Crippen molar-refractivity contribution in [3.05, 3.63) is 36.0 Å². The summed E-state index contributed by atoms with van der Waals surface area (Å²) < 4.78 is 0. The van der Waals surface area contributed by atoms with Crippen LogP contribution in [0.4, 0.5) is 0 Å². The highest BCUT2D eigenvalue weighted by Gasteiger charge is 2.12. The summed E-state index contributed by atoms with van der Waals surface area (Å²) in [5.74, 6) is 0.532. The number of nitrogens with zero attached hydrogens (tertiary/aromatic N) is 1. The lowest BCUT2D eigenvalue weighted by molar-refractivity contribution is -0.117. The number of aromatic amines is 1. The van der Waals surface area contributed by atoms with Crippen LogP contribution in [0.5, 0.6) is 0 Å². The minimum absolute atomic E-state index is 0.0513. The van der Waals surface area contributed by atoms with Gasteiger partial charge in [-0.25, -0.2) is 4.99 Å². The molecule has 18 heavy (non-hydrogen) atoms. The van der Waals surface area contributed by atoms with Gasteiger partial charge in [0, 0.05) is 23.6 Å². The molecule has 3 rings (SSSR count). The maximum atomic E-state index is 10.9. The molecule has 0 aliphatic carbocycles. The van der Waals surface area contributed by atoms with Gasteiger partial charge in [0.2, 0.25) is 5.91 Å². The van der Waals surface area contributed by atoms with Crippen molar-refractivity contribution in [2.75, 3.05) is 13.1 Å². The molecule has 3 N–H and O–H groups in total. The second-order valence-corrected chi connectivity index (χ2v) is 4.25. The van der Waals surface area contributed by atoms with E-state index >= 15 is 0 Å². The topological polar surface area (TPSA) is 69.3 Å². The van der Waals surface area contributed by atoms with Gasteiger partial charge >= 0.3 is 0 Å². The van der Waals surface area contributed by atoms with Crippen molar-refractivity contribution < 1.29 is 4.79 Å². The molecule has 0 unspecified atom stereocenters. The fourth-order valence-electron chi connectivity index (χ4n) is 2.12. The van der Waals surface area contributed by atoms with Crippen molar-refractivity contribution >= 4 is 22.8 Å². The molecule has 0 bridgehead atoms. The molecule has 0 radical (unpaired) electrons.